The average Bonchev–Trinajstić information content (AvgIpc) is 3.03. The van der Waals surface area contributed by atoms with E-state index < -0.39 is 5.82 Å². The second-order valence-electron chi connectivity index (χ2n) is 5.44. The lowest BCUT2D eigenvalue weighted by molar-refractivity contribution is 0.423. The van der Waals surface area contributed by atoms with Crippen LogP contribution in [0.1, 0.15) is 0 Å². The van der Waals surface area contributed by atoms with Gasteiger partial charge in [-0.3, -0.25) is 4.68 Å². The van der Waals surface area contributed by atoms with Crippen LogP contribution >= 0.6 is 11.6 Å². The van der Waals surface area contributed by atoms with Crippen molar-refractivity contribution in [2.24, 2.45) is 7.05 Å². The first-order valence-electron chi connectivity index (χ1n) is 7.59. The second-order valence-corrected chi connectivity index (χ2v) is 5.88. The highest BCUT2D eigenvalue weighted by molar-refractivity contribution is 6.30. The molecule has 0 saturated heterocycles. The first-order valence-corrected chi connectivity index (χ1v) is 7.96. The molecule has 4 aromatic rings. The molecule has 1 aromatic carbocycles. The molecule has 0 aliphatic heterocycles. The molecule has 9 heteroatoms. The number of rotatable bonds is 4. The summed E-state index contributed by atoms with van der Waals surface area (Å²) in [6.07, 6.45) is 4.59. The Morgan fingerprint density at radius 3 is 2.81 bits per heavy atom. The highest BCUT2D eigenvalue weighted by Crippen LogP contribution is 2.29. The fourth-order valence-electron chi connectivity index (χ4n) is 2.39. The van der Waals surface area contributed by atoms with Gasteiger partial charge in [0.2, 0.25) is 0 Å². The van der Waals surface area contributed by atoms with Gasteiger partial charge in [-0.15, -0.1) is 0 Å². The Kier molecular flexibility index (Phi) is 4.10. The Morgan fingerprint density at radius 2 is 2.04 bits per heavy atom. The number of aryl methyl sites for hydroxylation is 1. The van der Waals surface area contributed by atoms with Crippen LogP contribution in [0.25, 0.3) is 10.9 Å². The smallest absolute Gasteiger partial charge is 0.255 e. The zero-order chi connectivity index (χ0) is 18.1. The van der Waals surface area contributed by atoms with Gasteiger partial charge in [0, 0.05) is 30.9 Å². The van der Waals surface area contributed by atoms with Gasteiger partial charge in [-0.05, 0) is 24.3 Å². The predicted octanol–water partition coefficient (Wildman–Crippen LogP) is 4.09. The quantitative estimate of drug-likeness (QED) is 0.583. The topological polar surface area (TPSA) is 77.8 Å². The van der Waals surface area contributed by atoms with Crippen LogP contribution < -0.4 is 10.1 Å². The van der Waals surface area contributed by atoms with E-state index in [0.29, 0.717) is 28.3 Å². The van der Waals surface area contributed by atoms with E-state index in [4.69, 9.17) is 16.3 Å². The third-order valence-electron chi connectivity index (χ3n) is 3.56. The van der Waals surface area contributed by atoms with Crippen molar-refractivity contribution in [2.45, 2.75) is 0 Å². The number of benzene rings is 1. The third kappa shape index (κ3) is 3.27. The molecule has 0 spiro atoms. The van der Waals surface area contributed by atoms with E-state index in [9.17, 15) is 4.39 Å². The number of nitrogens with zero attached hydrogens (tertiary/aromatic N) is 5. The summed E-state index contributed by atoms with van der Waals surface area (Å²) >= 11 is 5.71. The summed E-state index contributed by atoms with van der Waals surface area (Å²) in [5, 5.41) is 8.29. The van der Waals surface area contributed by atoms with E-state index in [1.165, 1.54) is 12.5 Å². The van der Waals surface area contributed by atoms with E-state index in [2.05, 4.69) is 25.4 Å². The summed E-state index contributed by atoms with van der Waals surface area (Å²) in [4.78, 5) is 12.3. The van der Waals surface area contributed by atoms with Crippen LogP contribution in [0, 0.1) is 5.82 Å². The molecule has 4 rings (SSSR count). The second kappa shape index (κ2) is 6.57. The van der Waals surface area contributed by atoms with Gasteiger partial charge < -0.3 is 10.1 Å². The number of ether oxygens (including phenoxy) is 1. The van der Waals surface area contributed by atoms with Crippen molar-refractivity contribution in [3.05, 3.63) is 59.9 Å². The zero-order valence-corrected chi connectivity index (χ0v) is 14.3. The molecule has 0 atom stereocenters. The molecule has 0 radical (unpaired) electrons. The Bertz CT molecular complexity index is 1100. The molecule has 0 aliphatic carbocycles. The van der Waals surface area contributed by atoms with Gasteiger partial charge in [0.25, 0.3) is 5.88 Å². The van der Waals surface area contributed by atoms with Gasteiger partial charge in [-0.25, -0.2) is 19.3 Å². The predicted molar refractivity (Wildman–Crippen MR) is 95.3 cm³/mol. The maximum Gasteiger partial charge on any atom is 0.255 e. The summed E-state index contributed by atoms with van der Waals surface area (Å²) < 4.78 is 21.1. The average molecular weight is 371 g/mol. The molecule has 0 fully saturated rings. The maximum atomic E-state index is 13.9. The van der Waals surface area contributed by atoms with Crippen molar-refractivity contribution < 1.29 is 9.13 Å². The van der Waals surface area contributed by atoms with Crippen LogP contribution in [0.15, 0.2) is 49.1 Å². The lowest BCUT2D eigenvalue weighted by Crippen LogP contribution is -1.98. The molecule has 1 N–H and O–H groups in total. The van der Waals surface area contributed by atoms with Gasteiger partial charge in [0.05, 0.1) is 10.5 Å². The SMILES string of the molecule is Cn1ccc(Nc2ncnc3ccc(Oc4ncc(Cl)cc4F)cc23)n1. The minimum absolute atomic E-state index is 0.162. The summed E-state index contributed by atoms with van der Waals surface area (Å²) in [5.41, 5.74) is 0.704. The van der Waals surface area contributed by atoms with Crippen molar-refractivity contribution in [1.29, 1.82) is 0 Å². The molecule has 3 aromatic heterocycles. The molecule has 0 bridgehead atoms. The van der Waals surface area contributed by atoms with Crippen molar-refractivity contribution >= 4 is 34.1 Å². The van der Waals surface area contributed by atoms with Crippen molar-refractivity contribution in [3.63, 3.8) is 0 Å². The van der Waals surface area contributed by atoms with Crippen molar-refractivity contribution in [1.82, 2.24) is 24.7 Å². The fourth-order valence-corrected chi connectivity index (χ4v) is 2.54. The lowest BCUT2D eigenvalue weighted by atomic mass is 10.2. The normalized spacial score (nSPS) is 10.9. The summed E-state index contributed by atoms with van der Waals surface area (Å²) in [6, 6.07) is 8.10. The molecule has 130 valence electrons. The molecule has 0 aliphatic rings. The maximum absolute atomic E-state index is 13.9. The first-order chi connectivity index (χ1) is 12.6. The highest BCUT2D eigenvalue weighted by atomic mass is 35.5. The largest absolute Gasteiger partial charge is 0.436 e. The first kappa shape index (κ1) is 16.2. The van der Waals surface area contributed by atoms with E-state index in [1.807, 2.05) is 19.3 Å². The number of nitrogens with one attached hydrogen (secondary N) is 1. The lowest BCUT2D eigenvalue weighted by Gasteiger charge is -2.09. The number of hydrogen-bond donors (Lipinski definition) is 1. The van der Waals surface area contributed by atoms with Gasteiger partial charge >= 0.3 is 0 Å². The molecule has 0 amide bonds. The molecular weight excluding hydrogens is 359 g/mol. The number of fused-ring (bicyclic) bond motifs is 1. The summed E-state index contributed by atoms with van der Waals surface area (Å²) in [7, 11) is 1.82. The number of aromatic nitrogens is 5. The molecule has 26 heavy (non-hydrogen) atoms. The Labute approximate surface area is 152 Å². The number of hydrogen-bond acceptors (Lipinski definition) is 6. The highest BCUT2D eigenvalue weighted by Gasteiger charge is 2.11. The molecule has 0 saturated carbocycles. The van der Waals surface area contributed by atoms with Crippen LogP contribution in [0.3, 0.4) is 0 Å². The molecule has 3 heterocycles. The number of pyridine rings is 1. The van der Waals surface area contributed by atoms with E-state index >= 15 is 0 Å². The zero-order valence-electron chi connectivity index (χ0n) is 13.5. The van der Waals surface area contributed by atoms with Crippen LogP contribution in [0.2, 0.25) is 5.02 Å². The Hall–Kier alpha value is -3.26. The van der Waals surface area contributed by atoms with Gasteiger partial charge in [0.1, 0.15) is 17.9 Å². The Morgan fingerprint density at radius 1 is 1.15 bits per heavy atom. The van der Waals surface area contributed by atoms with Crippen LogP contribution in [0.5, 0.6) is 11.6 Å². The molecule has 0 unspecified atom stereocenters. The number of halogens is 2. The van der Waals surface area contributed by atoms with Gasteiger partial charge in [0.15, 0.2) is 11.6 Å². The van der Waals surface area contributed by atoms with Gasteiger partial charge in [-0.1, -0.05) is 11.6 Å². The van der Waals surface area contributed by atoms with Crippen molar-refractivity contribution in [3.8, 4) is 11.6 Å². The molecular formula is C17H12ClFN6O. The van der Waals surface area contributed by atoms with Crippen LogP contribution in [-0.4, -0.2) is 24.7 Å². The van der Waals surface area contributed by atoms with Crippen molar-refractivity contribution in [2.75, 3.05) is 5.32 Å². The van der Waals surface area contributed by atoms with Crippen LogP contribution in [-0.2, 0) is 7.05 Å². The van der Waals surface area contributed by atoms with E-state index in [-0.39, 0.29) is 10.9 Å². The summed E-state index contributed by atoms with van der Waals surface area (Å²) in [6.45, 7) is 0. The monoisotopic (exact) mass is 370 g/mol. The van der Waals surface area contributed by atoms with E-state index in [1.54, 1.807) is 22.9 Å². The third-order valence-corrected chi connectivity index (χ3v) is 3.76. The van der Waals surface area contributed by atoms with Crippen LogP contribution in [0.4, 0.5) is 16.0 Å². The molecule has 7 nitrogen and oxygen atoms in total. The Balaban J connectivity index is 1.70. The fraction of sp³-hybridized carbons (Fsp3) is 0.0588. The standard InChI is InChI=1S/C17H12ClFN6O/c1-25-5-4-15(24-25)23-16-12-7-11(2-3-14(12)21-9-22-16)26-17-13(19)6-10(18)8-20-17/h2-9H,1H3,(H,21,22,23,24). The van der Waals surface area contributed by atoms with Gasteiger partial charge in [-0.2, -0.15) is 5.10 Å². The van der Waals surface area contributed by atoms with E-state index in [0.717, 1.165) is 6.07 Å². The minimum atomic E-state index is -0.645. The number of anilines is 2. The minimum Gasteiger partial charge on any atom is -0.436 e. The summed E-state index contributed by atoms with van der Waals surface area (Å²) in [5.74, 6) is 0.789.